The van der Waals surface area contributed by atoms with E-state index in [1.165, 1.54) is 14.2 Å². The number of likely N-dealkylation sites (tertiary alicyclic amines) is 1. The fraction of sp³-hybridized carbons (Fsp3) is 0.458. The van der Waals surface area contributed by atoms with Crippen LogP contribution in [0.3, 0.4) is 0 Å². The molecule has 2 aliphatic heterocycles. The molecule has 178 valence electrons. The van der Waals surface area contributed by atoms with Crippen molar-refractivity contribution in [1.82, 2.24) is 4.90 Å². The third kappa shape index (κ3) is 4.59. The van der Waals surface area contributed by atoms with Crippen molar-refractivity contribution in [2.75, 3.05) is 50.0 Å². The van der Waals surface area contributed by atoms with Gasteiger partial charge in [-0.2, -0.15) is 0 Å². The fourth-order valence-electron chi connectivity index (χ4n) is 4.62. The highest BCUT2D eigenvalue weighted by Gasteiger charge is 2.37. The number of nitrogens with one attached hydrogen (secondary N) is 1. The molecule has 0 unspecified atom stereocenters. The van der Waals surface area contributed by atoms with Crippen molar-refractivity contribution in [3.05, 3.63) is 42.0 Å². The van der Waals surface area contributed by atoms with Crippen molar-refractivity contribution < 1.29 is 22.7 Å². The molecular weight excluding hydrogens is 442 g/mol. The van der Waals surface area contributed by atoms with E-state index in [2.05, 4.69) is 23.5 Å². The Labute approximate surface area is 195 Å². The van der Waals surface area contributed by atoms with E-state index in [1.54, 1.807) is 36.4 Å². The number of carbonyl (C=O) groups is 1. The zero-order chi connectivity index (χ0) is 23.8. The number of anilines is 2. The van der Waals surface area contributed by atoms with Gasteiger partial charge in [-0.05, 0) is 48.7 Å². The number of methoxy groups -OCH3 is 2. The van der Waals surface area contributed by atoms with E-state index in [1.807, 2.05) is 4.90 Å². The summed E-state index contributed by atoms with van der Waals surface area (Å²) >= 11 is 0. The first-order valence-corrected chi connectivity index (χ1v) is 12.5. The van der Waals surface area contributed by atoms with Crippen molar-refractivity contribution in [2.24, 2.45) is 0 Å². The summed E-state index contributed by atoms with van der Waals surface area (Å²) in [6, 6.07) is 10.0. The van der Waals surface area contributed by atoms with Crippen LogP contribution in [0.1, 0.15) is 32.3 Å². The number of carbonyl (C=O) groups excluding carboxylic acids is 1. The molecule has 1 fully saturated rings. The lowest BCUT2D eigenvalue weighted by Gasteiger charge is -2.24. The number of nitrogens with zero attached hydrogens (tertiary/aromatic N) is 2. The van der Waals surface area contributed by atoms with Gasteiger partial charge in [0.15, 0.2) is 0 Å². The standard InChI is InChI=1S/C24H31N3O5S/c1-24(2)16-27(15-23(28)26-11-5-6-12-26)21-9-8-18(14-19(21)24)33(29,30)25-20-13-17(31-3)7-10-22(20)32-4/h7-10,13-14,25H,5-6,11-12,15-16H2,1-4H3. The largest absolute Gasteiger partial charge is 0.497 e. The molecule has 0 radical (unpaired) electrons. The molecule has 2 aromatic carbocycles. The second-order valence-corrected chi connectivity index (χ2v) is 10.9. The normalized spacial score (nSPS) is 17.1. The van der Waals surface area contributed by atoms with Crippen LogP contribution in [0.15, 0.2) is 41.3 Å². The van der Waals surface area contributed by atoms with Crippen molar-refractivity contribution >= 4 is 27.3 Å². The molecule has 8 nitrogen and oxygen atoms in total. The number of hydrogen-bond acceptors (Lipinski definition) is 6. The summed E-state index contributed by atoms with van der Waals surface area (Å²) in [5.41, 5.74) is 1.83. The zero-order valence-corrected chi connectivity index (χ0v) is 20.4. The SMILES string of the molecule is COc1ccc(OC)c(NS(=O)(=O)c2ccc3c(c2)C(C)(C)CN3CC(=O)N2CCCC2)c1. The van der Waals surface area contributed by atoms with E-state index in [9.17, 15) is 13.2 Å². The van der Waals surface area contributed by atoms with Crippen molar-refractivity contribution in [3.63, 3.8) is 0 Å². The van der Waals surface area contributed by atoms with Crippen molar-refractivity contribution in [2.45, 2.75) is 37.0 Å². The molecule has 0 atom stereocenters. The van der Waals surface area contributed by atoms with E-state index < -0.39 is 10.0 Å². The van der Waals surface area contributed by atoms with Gasteiger partial charge < -0.3 is 19.3 Å². The Morgan fingerprint density at radius 3 is 2.45 bits per heavy atom. The lowest BCUT2D eigenvalue weighted by molar-refractivity contribution is -0.128. The van der Waals surface area contributed by atoms with Crippen LogP contribution in [0.5, 0.6) is 11.5 Å². The molecule has 2 heterocycles. The average molecular weight is 474 g/mol. The Balaban J connectivity index is 1.61. The first-order chi connectivity index (χ1) is 15.6. The number of amides is 1. The van der Waals surface area contributed by atoms with Crippen LogP contribution in [0.25, 0.3) is 0 Å². The molecule has 2 aliphatic rings. The molecular formula is C24H31N3O5S. The second-order valence-electron chi connectivity index (χ2n) is 9.18. The molecule has 33 heavy (non-hydrogen) atoms. The Hall–Kier alpha value is -2.94. The summed E-state index contributed by atoms with van der Waals surface area (Å²) in [6.45, 7) is 6.74. The Morgan fingerprint density at radius 2 is 1.79 bits per heavy atom. The third-order valence-corrected chi connectivity index (χ3v) is 7.73. The maximum Gasteiger partial charge on any atom is 0.262 e. The molecule has 0 spiro atoms. The minimum Gasteiger partial charge on any atom is -0.497 e. The topological polar surface area (TPSA) is 88.2 Å². The predicted octanol–water partition coefficient (Wildman–Crippen LogP) is 3.22. The average Bonchev–Trinajstić information content (AvgIpc) is 3.40. The number of rotatable bonds is 7. The van der Waals surface area contributed by atoms with E-state index in [0.717, 1.165) is 37.2 Å². The fourth-order valence-corrected chi connectivity index (χ4v) is 5.70. The van der Waals surface area contributed by atoms with Crippen molar-refractivity contribution in [3.8, 4) is 11.5 Å². The Bertz CT molecular complexity index is 1160. The minimum atomic E-state index is -3.88. The molecule has 0 aromatic heterocycles. The van der Waals surface area contributed by atoms with Gasteiger partial charge in [-0.1, -0.05) is 13.8 Å². The summed E-state index contributed by atoms with van der Waals surface area (Å²) in [7, 11) is -0.877. The first-order valence-electron chi connectivity index (χ1n) is 11.1. The maximum atomic E-state index is 13.2. The third-order valence-electron chi connectivity index (χ3n) is 6.37. The smallest absolute Gasteiger partial charge is 0.262 e. The number of hydrogen-bond donors (Lipinski definition) is 1. The minimum absolute atomic E-state index is 0.125. The monoisotopic (exact) mass is 473 g/mol. The van der Waals surface area contributed by atoms with Crippen LogP contribution < -0.4 is 19.1 Å². The Kier molecular flexibility index (Phi) is 6.18. The highest BCUT2D eigenvalue weighted by Crippen LogP contribution is 2.42. The molecule has 1 N–H and O–H groups in total. The summed E-state index contributed by atoms with van der Waals surface area (Å²) in [6.07, 6.45) is 2.11. The molecule has 1 saturated heterocycles. The van der Waals surface area contributed by atoms with E-state index in [0.29, 0.717) is 30.3 Å². The maximum absolute atomic E-state index is 13.2. The van der Waals surface area contributed by atoms with Crippen LogP contribution in [-0.4, -0.2) is 59.6 Å². The summed E-state index contributed by atoms with van der Waals surface area (Å²) < 4.78 is 39.6. The molecule has 0 saturated carbocycles. The molecule has 0 bridgehead atoms. The van der Waals surface area contributed by atoms with Gasteiger partial charge in [0.2, 0.25) is 5.91 Å². The van der Waals surface area contributed by atoms with Gasteiger partial charge >= 0.3 is 0 Å². The summed E-state index contributed by atoms with van der Waals surface area (Å²) in [5.74, 6) is 1.04. The number of benzene rings is 2. The first kappa shape index (κ1) is 23.2. The van der Waals surface area contributed by atoms with Gasteiger partial charge in [-0.3, -0.25) is 9.52 Å². The van der Waals surface area contributed by atoms with Gasteiger partial charge in [0.25, 0.3) is 10.0 Å². The summed E-state index contributed by atoms with van der Waals surface area (Å²) in [4.78, 5) is 16.9. The summed E-state index contributed by atoms with van der Waals surface area (Å²) in [5, 5.41) is 0. The van der Waals surface area contributed by atoms with E-state index in [-0.39, 0.29) is 16.2 Å². The van der Waals surface area contributed by atoms with Crippen molar-refractivity contribution in [1.29, 1.82) is 0 Å². The second kappa shape index (κ2) is 8.78. The van der Waals surface area contributed by atoms with Crippen LogP contribution in [0, 0.1) is 0 Å². The number of fused-ring (bicyclic) bond motifs is 1. The molecule has 1 amide bonds. The van der Waals surface area contributed by atoms with Gasteiger partial charge in [0.05, 0.1) is 31.3 Å². The number of sulfonamides is 1. The van der Waals surface area contributed by atoms with E-state index >= 15 is 0 Å². The van der Waals surface area contributed by atoms with Crippen LogP contribution in [-0.2, 0) is 20.2 Å². The zero-order valence-electron chi connectivity index (χ0n) is 19.6. The highest BCUT2D eigenvalue weighted by molar-refractivity contribution is 7.92. The molecule has 4 rings (SSSR count). The Morgan fingerprint density at radius 1 is 1.06 bits per heavy atom. The van der Waals surface area contributed by atoms with Gasteiger partial charge in [0, 0.05) is 36.8 Å². The molecule has 9 heteroatoms. The van der Waals surface area contributed by atoms with Gasteiger partial charge in [-0.25, -0.2) is 8.42 Å². The predicted molar refractivity (Wildman–Crippen MR) is 128 cm³/mol. The van der Waals surface area contributed by atoms with Gasteiger partial charge in [0.1, 0.15) is 11.5 Å². The van der Waals surface area contributed by atoms with Crippen LogP contribution >= 0.6 is 0 Å². The lowest BCUT2D eigenvalue weighted by atomic mass is 9.87. The van der Waals surface area contributed by atoms with Crippen LogP contribution in [0.2, 0.25) is 0 Å². The highest BCUT2D eigenvalue weighted by atomic mass is 32.2. The van der Waals surface area contributed by atoms with Gasteiger partial charge in [-0.15, -0.1) is 0 Å². The molecule has 2 aromatic rings. The van der Waals surface area contributed by atoms with Crippen LogP contribution in [0.4, 0.5) is 11.4 Å². The number of ether oxygens (including phenoxy) is 2. The lowest BCUT2D eigenvalue weighted by Crippen LogP contribution is -2.40. The van der Waals surface area contributed by atoms with E-state index in [4.69, 9.17) is 9.47 Å². The quantitative estimate of drug-likeness (QED) is 0.664. The molecule has 0 aliphatic carbocycles.